The number of aromatic amines is 1. The Kier molecular flexibility index (Phi) is 8.18. The van der Waals surface area contributed by atoms with Crippen LogP contribution < -0.4 is 10.1 Å². The van der Waals surface area contributed by atoms with E-state index in [-0.39, 0.29) is 11.7 Å². The number of fused-ring (bicyclic) bond motifs is 1. The van der Waals surface area contributed by atoms with Crippen molar-refractivity contribution >= 4 is 22.6 Å². The fourth-order valence-corrected chi connectivity index (χ4v) is 4.41. The van der Waals surface area contributed by atoms with Crippen LogP contribution in [0.4, 0.5) is 0 Å². The zero-order valence-corrected chi connectivity index (χ0v) is 21.1. The minimum Gasteiger partial charge on any atom is -0.497 e. The second-order valence-electron chi connectivity index (χ2n) is 9.09. The highest BCUT2D eigenvalue weighted by atomic mass is 16.5. The number of nitrogens with zero attached hydrogens (tertiary/aromatic N) is 1. The average molecular weight is 484 g/mol. The number of benzene rings is 3. The lowest BCUT2D eigenvalue weighted by molar-refractivity contribution is -0.128. The predicted molar refractivity (Wildman–Crippen MR) is 144 cm³/mol. The number of carbonyl (C=O) groups excluding carboxylic acids is 2. The van der Waals surface area contributed by atoms with E-state index in [9.17, 15) is 9.59 Å². The monoisotopic (exact) mass is 483 g/mol. The van der Waals surface area contributed by atoms with Gasteiger partial charge in [0.05, 0.1) is 13.2 Å². The molecule has 4 rings (SSSR count). The molecule has 1 heterocycles. The molecule has 1 amide bonds. The molecule has 0 unspecified atom stereocenters. The van der Waals surface area contributed by atoms with Gasteiger partial charge in [-0.2, -0.15) is 0 Å². The van der Waals surface area contributed by atoms with Crippen LogP contribution in [0.5, 0.6) is 5.75 Å². The number of Topliss-reactive ketones (excluding diaryl/α,β-unsaturated/α-hetero) is 1. The largest absolute Gasteiger partial charge is 0.497 e. The summed E-state index contributed by atoms with van der Waals surface area (Å²) in [5, 5.41) is 4.37. The molecule has 4 aromatic rings. The van der Waals surface area contributed by atoms with Crippen molar-refractivity contribution in [1.29, 1.82) is 0 Å². The van der Waals surface area contributed by atoms with E-state index in [4.69, 9.17) is 4.74 Å². The van der Waals surface area contributed by atoms with E-state index in [1.54, 1.807) is 32.3 Å². The topological polar surface area (TPSA) is 74.4 Å². The molecular formula is C30H33N3O3. The Labute approximate surface area is 212 Å². The van der Waals surface area contributed by atoms with Gasteiger partial charge in [-0.15, -0.1) is 0 Å². The molecule has 0 fully saturated rings. The maximum absolute atomic E-state index is 13.9. The van der Waals surface area contributed by atoms with E-state index in [2.05, 4.69) is 10.3 Å². The van der Waals surface area contributed by atoms with Crippen molar-refractivity contribution in [2.45, 2.75) is 25.3 Å². The number of H-pyrrole nitrogens is 1. The van der Waals surface area contributed by atoms with Crippen molar-refractivity contribution < 1.29 is 14.3 Å². The van der Waals surface area contributed by atoms with Gasteiger partial charge in [0, 0.05) is 49.7 Å². The van der Waals surface area contributed by atoms with Crippen LogP contribution in [0.2, 0.25) is 0 Å². The van der Waals surface area contributed by atoms with Gasteiger partial charge in [0.2, 0.25) is 5.91 Å². The molecule has 186 valence electrons. The van der Waals surface area contributed by atoms with Crippen LogP contribution in [0.1, 0.15) is 39.5 Å². The third-order valence-corrected chi connectivity index (χ3v) is 6.49. The SMILES string of the molecule is COc1ccc(CCN[C@H](C(=O)c2c[nH]c3c(CCC(=O)N(C)C)cccc23)c2ccccc2)cc1. The van der Waals surface area contributed by atoms with Crippen molar-refractivity contribution in [3.8, 4) is 5.75 Å². The summed E-state index contributed by atoms with van der Waals surface area (Å²) in [7, 11) is 5.18. The van der Waals surface area contributed by atoms with Crippen molar-refractivity contribution in [2.75, 3.05) is 27.7 Å². The van der Waals surface area contributed by atoms with Crippen LogP contribution in [0.3, 0.4) is 0 Å². The van der Waals surface area contributed by atoms with Gasteiger partial charge in [-0.25, -0.2) is 0 Å². The highest BCUT2D eigenvalue weighted by Gasteiger charge is 2.24. The first-order valence-corrected chi connectivity index (χ1v) is 12.2. The molecule has 0 radical (unpaired) electrons. The van der Waals surface area contributed by atoms with E-state index in [0.29, 0.717) is 24.9 Å². The number of ether oxygens (including phenoxy) is 1. The highest BCUT2D eigenvalue weighted by molar-refractivity contribution is 6.11. The number of methoxy groups -OCH3 is 1. The quantitative estimate of drug-likeness (QED) is 0.296. The van der Waals surface area contributed by atoms with Crippen LogP contribution >= 0.6 is 0 Å². The lowest BCUT2D eigenvalue weighted by atomic mass is 9.95. The molecule has 6 heteroatoms. The predicted octanol–water partition coefficient (Wildman–Crippen LogP) is 4.95. The molecular weight excluding hydrogens is 450 g/mol. The third-order valence-electron chi connectivity index (χ3n) is 6.49. The number of hydrogen-bond donors (Lipinski definition) is 2. The van der Waals surface area contributed by atoms with Gasteiger partial charge in [-0.1, -0.05) is 60.7 Å². The molecule has 36 heavy (non-hydrogen) atoms. The normalized spacial score (nSPS) is 11.9. The smallest absolute Gasteiger partial charge is 0.222 e. The third kappa shape index (κ3) is 5.83. The number of amides is 1. The first-order valence-electron chi connectivity index (χ1n) is 12.2. The van der Waals surface area contributed by atoms with Crippen molar-refractivity contribution in [1.82, 2.24) is 15.2 Å². The molecule has 0 bridgehead atoms. The zero-order valence-electron chi connectivity index (χ0n) is 21.1. The van der Waals surface area contributed by atoms with Crippen LogP contribution in [-0.2, 0) is 17.6 Å². The molecule has 0 aliphatic heterocycles. The summed E-state index contributed by atoms with van der Waals surface area (Å²) < 4.78 is 5.24. The summed E-state index contributed by atoms with van der Waals surface area (Å²) in [5.74, 6) is 0.928. The minimum absolute atomic E-state index is 0.0173. The summed E-state index contributed by atoms with van der Waals surface area (Å²) in [5.41, 5.74) is 4.70. The number of para-hydroxylation sites is 1. The molecule has 0 spiro atoms. The molecule has 0 aliphatic rings. The fraction of sp³-hybridized carbons (Fsp3) is 0.267. The van der Waals surface area contributed by atoms with E-state index in [0.717, 1.165) is 34.2 Å². The Morgan fingerprint density at radius 3 is 2.39 bits per heavy atom. The van der Waals surface area contributed by atoms with Gasteiger partial charge in [-0.05, 0) is 41.7 Å². The second-order valence-corrected chi connectivity index (χ2v) is 9.09. The van der Waals surface area contributed by atoms with Crippen LogP contribution in [-0.4, -0.2) is 49.3 Å². The lowest BCUT2D eigenvalue weighted by Gasteiger charge is -2.18. The Bertz CT molecular complexity index is 1310. The number of ketones is 1. The number of aryl methyl sites for hydroxylation is 1. The summed E-state index contributed by atoms with van der Waals surface area (Å²) in [6, 6.07) is 23.3. The molecule has 2 N–H and O–H groups in total. The minimum atomic E-state index is -0.470. The van der Waals surface area contributed by atoms with E-state index >= 15 is 0 Å². The molecule has 0 saturated heterocycles. The van der Waals surface area contributed by atoms with Crippen molar-refractivity contribution in [2.24, 2.45) is 0 Å². The maximum Gasteiger partial charge on any atom is 0.222 e. The summed E-state index contributed by atoms with van der Waals surface area (Å²) in [6.45, 7) is 0.651. The average Bonchev–Trinajstić information content (AvgIpc) is 3.35. The maximum atomic E-state index is 13.9. The van der Waals surface area contributed by atoms with E-state index in [1.807, 2.05) is 72.8 Å². The number of carbonyl (C=O) groups is 2. The van der Waals surface area contributed by atoms with Gasteiger partial charge in [-0.3, -0.25) is 9.59 Å². The number of rotatable bonds is 11. The molecule has 0 saturated carbocycles. The molecule has 1 atom stereocenters. The summed E-state index contributed by atoms with van der Waals surface area (Å²) in [6.07, 6.45) is 3.63. The second kappa shape index (κ2) is 11.7. The molecule has 3 aromatic carbocycles. The van der Waals surface area contributed by atoms with Crippen molar-refractivity contribution in [3.05, 3.63) is 101 Å². The van der Waals surface area contributed by atoms with Crippen LogP contribution in [0, 0.1) is 0 Å². The van der Waals surface area contributed by atoms with Gasteiger partial charge >= 0.3 is 0 Å². The Morgan fingerprint density at radius 2 is 1.69 bits per heavy atom. The Balaban J connectivity index is 1.55. The molecule has 0 aliphatic carbocycles. The summed E-state index contributed by atoms with van der Waals surface area (Å²) >= 11 is 0. The number of aromatic nitrogens is 1. The lowest BCUT2D eigenvalue weighted by Crippen LogP contribution is -2.30. The number of nitrogens with one attached hydrogen (secondary N) is 2. The molecule has 6 nitrogen and oxygen atoms in total. The van der Waals surface area contributed by atoms with Crippen molar-refractivity contribution in [3.63, 3.8) is 0 Å². The van der Waals surface area contributed by atoms with Crippen LogP contribution in [0.25, 0.3) is 10.9 Å². The summed E-state index contributed by atoms with van der Waals surface area (Å²) in [4.78, 5) is 30.9. The standard InChI is InChI=1S/C30H33N3O3/c1-33(2)27(34)17-14-23-10-7-11-25-26(20-32-28(23)25)30(35)29(22-8-5-4-6-9-22)31-19-18-21-12-15-24(36-3)16-13-21/h4-13,15-16,20,29,31-32H,14,17-19H2,1-3H3/t29-/m0/s1. The van der Waals surface area contributed by atoms with Gasteiger partial charge in [0.15, 0.2) is 5.78 Å². The number of hydrogen-bond acceptors (Lipinski definition) is 4. The fourth-order valence-electron chi connectivity index (χ4n) is 4.41. The van der Waals surface area contributed by atoms with Gasteiger partial charge in [0.25, 0.3) is 0 Å². The highest BCUT2D eigenvalue weighted by Crippen LogP contribution is 2.27. The Hall–Kier alpha value is -3.90. The van der Waals surface area contributed by atoms with Gasteiger partial charge in [0.1, 0.15) is 5.75 Å². The first-order chi connectivity index (χ1) is 17.5. The Morgan fingerprint density at radius 1 is 0.944 bits per heavy atom. The van der Waals surface area contributed by atoms with Crippen LogP contribution in [0.15, 0.2) is 79.0 Å². The van der Waals surface area contributed by atoms with Gasteiger partial charge < -0.3 is 19.9 Å². The molecule has 1 aromatic heterocycles. The van der Waals surface area contributed by atoms with E-state index < -0.39 is 6.04 Å². The first kappa shape index (κ1) is 25.2. The van der Waals surface area contributed by atoms with E-state index in [1.165, 1.54) is 5.56 Å². The zero-order chi connectivity index (χ0) is 25.5.